The van der Waals surface area contributed by atoms with E-state index in [1.54, 1.807) is 0 Å². The number of hydrogen-bond donors (Lipinski definition) is 1. The van der Waals surface area contributed by atoms with Crippen LogP contribution in [0.1, 0.15) is 6.42 Å². The molecule has 1 N–H and O–H groups in total. The fraction of sp³-hybridized carbons (Fsp3) is 0.500. The number of nitrogens with zero attached hydrogens (tertiary/aromatic N) is 1. The Morgan fingerprint density at radius 3 is 2.85 bits per heavy atom. The highest BCUT2D eigenvalue weighted by Crippen LogP contribution is 2.21. The summed E-state index contributed by atoms with van der Waals surface area (Å²) in [5, 5.41) is 8.58. The molecular weight excluding hydrogens is 198 g/mol. The van der Waals surface area contributed by atoms with Gasteiger partial charge in [0.15, 0.2) is 0 Å². The van der Waals surface area contributed by atoms with Crippen molar-refractivity contribution >= 4 is 16.4 Å². The zero-order chi connectivity index (χ0) is 10.1. The highest BCUT2D eigenvalue weighted by atomic mass is 32.2. The van der Waals surface area contributed by atoms with E-state index in [0.29, 0.717) is 4.31 Å². The molecule has 1 rings (SSSR count). The highest BCUT2D eigenvalue weighted by molar-refractivity contribution is 7.85. The molecule has 0 aromatic heterocycles. The molecule has 0 bridgehead atoms. The Kier molecular flexibility index (Phi) is 2.58. The molecule has 6 nitrogen and oxygen atoms in total. The first-order chi connectivity index (χ1) is 5.99. The molecule has 1 saturated heterocycles. The van der Waals surface area contributed by atoms with E-state index >= 15 is 0 Å². The molecule has 0 aromatic rings. The Bertz CT molecular complexity index is 322. The minimum Gasteiger partial charge on any atom is -0.464 e. The maximum absolute atomic E-state index is 11.0. The van der Waals surface area contributed by atoms with Gasteiger partial charge in [-0.25, -0.2) is 4.79 Å². The van der Waals surface area contributed by atoms with Gasteiger partial charge >= 0.3 is 16.4 Å². The van der Waals surface area contributed by atoms with Crippen LogP contribution in [0.2, 0.25) is 0 Å². The summed E-state index contributed by atoms with van der Waals surface area (Å²) in [6.07, 6.45) is 0.181. The summed E-state index contributed by atoms with van der Waals surface area (Å²) >= 11 is 0. The van der Waals surface area contributed by atoms with Crippen LogP contribution in [0.4, 0.5) is 4.79 Å². The Morgan fingerprint density at radius 2 is 2.38 bits per heavy atom. The zero-order valence-electron chi connectivity index (χ0n) is 6.71. The molecule has 1 amide bonds. The first-order valence-corrected chi connectivity index (χ1v) is 4.88. The number of rotatable bonds is 2. The summed E-state index contributed by atoms with van der Waals surface area (Å²) < 4.78 is 26.6. The molecule has 0 aliphatic carbocycles. The second-order valence-electron chi connectivity index (χ2n) is 2.50. The normalized spacial score (nSPS) is 25.8. The fourth-order valence-electron chi connectivity index (χ4n) is 1.08. The van der Waals surface area contributed by atoms with Crippen molar-refractivity contribution in [1.29, 1.82) is 0 Å². The summed E-state index contributed by atoms with van der Waals surface area (Å²) in [5.74, 6) is 0. The lowest BCUT2D eigenvalue weighted by Gasteiger charge is -2.14. The molecule has 1 unspecified atom stereocenters. The van der Waals surface area contributed by atoms with Gasteiger partial charge in [0.1, 0.15) is 0 Å². The molecule has 1 fully saturated rings. The van der Waals surface area contributed by atoms with Gasteiger partial charge in [0.2, 0.25) is 0 Å². The predicted octanol–water partition coefficient (Wildman–Crippen LogP) is 0.186. The van der Waals surface area contributed by atoms with Crippen LogP contribution in [0.5, 0.6) is 0 Å². The predicted molar refractivity (Wildman–Crippen MR) is 43.3 cm³/mol. The van der Waals surface area contributed by atoms with Crippen molar-refractivity contribution in [2.75, 3.05) is 6.61 Å². The summed E-state index contributed by atoms with van der Waals surface area (Å²) in [4.78, 5) is 10.5. The van der Waals surface area contributed by atoms with Gasteiger partial charge < -0.3 is 5.11 Å². The molecule has 13 heavy (non-hydrogen) atoms. The van der Waals surface area contributed by atoms with Gasteiger partial charge in [-0.3, -0.25) is 4.18 Å². The first kappa shape index (κ1) is 10.0. The van der Waals surface area contributed by atoms with Crippen LogP contribution in [0, 0.1) is 0 Å². The molecule has 1 aliphatic rings. The van der Waals surface area contributed by atoms with Gasteiger partial charge in [0.05, 0.1) is 12.6 Å². The minimum atomic E-state index is -4.07. The van der Waals surface area contributed by atoms with Gasteiger partial charge in [0, 0.05) is 0 Å². The van der Waals surface area contributed by atoms with Gasteiger partial charge in [-0.15, -0.1) is 6.58 Å². The van der Waals surface area contributed by atoms with Crippen molar-refractivity contribution in [2.45, 2.75) is 12.5 Å². The number of carboxylic acid groups (broad SMARTS) is 1. The largest absolute Gasteiger partial charge is 0.464 e. The van der Waals surface area contributed by atoms with Gasteiger partial charge in [-0.05, 0) is 6.42 Å². The van der Waals surface area contributed by atoms with Crippen molar-refractivity contribution in [3.63, 3.8) is 0 Å². The Morgan fingerprint density at radius 1 is 1.77 bits per heavy atom. The molecule has 0 radical (unpaired) electrons. The van der Waals surface area contributed by atoms with Crippen LogP contribution in [-0.4, -0.2) is 36.6 Å². The van der Waals surface area contributed by atoms with Crippen molar-refractivity contribution in [3.8, 4) is 0 Å². The van der Waals surface area contributed by atoms with Crippen LogP contribution in [0.15, 0.2) is 12.7 Å². The molecule has 7 heteroatoms. The Balaban J connectivity index is 2.92. The quantitative estimate of drug-likeness (QED) is 0.653. The van der Waals surface area contributed by atoms with Crippen molar-refractivity contribution in [2.24, 2.45) is 0 Å². The van der Waals surface area contributed by atoms with E-state index in [9.17, 15) is 13.2 Å². The van der Waals surface area contributed by atoms with Crippen molar-refractivity contribution in [1.82, 2.24) is 4.31 Å². The fourth-order valence-corrected chi connectivity index (χ4v) is 2.23. The Hall–Kier alpha value is -1.08. The van der Waals surface area contributed by atoms with E-state index < -0.39 is 22.4 Å². The summed E-state index contributed by atoms with van der Waals surface area (Å²) in [7, 11) is -4.07. The van der Waals surface area contributed by atoms with Gasteiger partial charge in [-0.2, -0.15) is 12.7 Å². The van der Waals surface area contributed by atoms with Gasteiger partial charge in [0.25, 0.3) is 0 Å². The standard InChI is InChI=1S/C6H9NO5S/c1-2-3-5-4-12-13(10,11)7(5)6(8)9/h2,5H,1,3-4H2,(H,8,9). The first-order valence-electron chi connectivity index (χ1n) is 3.51. The van der Waals surface area contributed by atoms with E-state index in [4.69, 9.17) is 5.11 Å². The number of carbonyl (C=O) groups is 1. The maximum atomic E-state index is 11.0. The van der Waals surface area contributed by atoms with Crippen molar-refractivity contribution in [3.05, 3.63) is 12.7 Å². The van der Waals surface area contributed by atoms with Crippen molar-refractivity contribution < 1.29 is 22.5 Å². The molecule has 1 atom stereocenters. The average molecular weight is 207 g/mol. The number of hydrogen-bond acceptors (Lipinski definition) is 4. The maximum Gasteiger partial charge on any atom is 0.423 e. The van der Waals surface area contributed by atoms with Crippen LogP contribution in [0.25, 0.3) is 0 Å². The molecule has 0 spiro atoms. The lowest BCUT2D eigenvalue weighted by Crippen LogP contribution is -2.37. The molecule has 0 aromatic carbocycles. The third-order valence-corrected chi connectivity index (χ3v) is 2.98. The number of amides is 1. The topological polar surface area (TPSA) is 83.9 Å². The van der Waals surface area contributed by atoms with Crippen LogP contribution < -0.4 is 0 Å². The SMILES string of the molecule is C=CCC1COS(=O)(=O)N1C(=O)O. The third kappa shape index (κ3) is 1.81. The third-order valence-electron chi connectivity index (χ3n) is 1.61. The molecule has 1 aliphatic heterocycles. The van der Waals surface area contributed by atoms with E-state index in [-0.39, 0.29) is 13.0 Å². The molecule has 1 heterocycles. The average Bonchev–Trinajstić information content (AvgIpc) is 2.26. The summed E-state index contributed by atoms with van der Waals surface area (Å²) in [6.45, 7) is 3.26. The highest BCUT2D eigenvalue weighted by Gasteiger charge is 2.41. The summed E-state index contributed by atoms with van der Waals surface area (Å²) in [5.41, 5.74) is 0. The Labute approximate surface area is 75.7 Å². The minimum absolute atomic E-state index is 0.138. The lowest BCUT2D eigenvalue weighted by atomic mass is 10.2. The smallest absolute Gasteiger partial charge is 0.423 e. The van der Waals surface area contributed by atoms with Crippen LogP contribution in [-0.2, 0) is 14.5 Å². The molecule has 74 valence electrons. The van der Waals surface area contributed by atoms with Crippen LogP contribution in [0.3, 0.4) is 0 Å². The second kappa shape index (κ2) is 3.35. The summed E-state index contributed by atoms with van der Waals surface area (Å²) in [6, 6.07) is -0.681. The van der Waals surface area contributed by atoms with E-state index in [2.05, 4.69) is 10.8 Å². The van der Waals surface area contributed by atoms with E-state index in [1.165, 1.54) is 6.08 Å². The van der Waals surface area contributed by atoms with E-state index in [0.717, 1.165) is 0 Å². The molecular formula is C6H9NO5S. The lowest BCUT2D eigenvalue weighted by molar-refractivity contribution is 0.164. The zero-order valence-corrected chi connectivity index (χ0v) is 7.53. The second-order valence-corrected chi connectivity index (χ2v) is 3.98. The van der Waals surface area contributed by atoms with Gasteiger partial charge in [-0.1, -0.05) is 6.08 Å². The van der Waals surface area contributed by atoms with E-state index in [1.807, 2.05) is 0 Å². The molecule has 0 saturated carbocycles. The monoisotopic (exact) mass is 207 g/mol. The van der Waals surface area contributed by atoms with Crippen LogP contribution >= 0.6 is 0 Å².